The quantitative estimate of drug-likeness (QED) is 0.714. The number of fused-ring (bicyclic) bond motifs is 1. The number of aromatic nitrogens is 4. The van der Waals surface area contributed by atoms with Crippen LogP contribution in [-0.2, 0) is 13.5 Å². The third-order valence-corrected chi connectivity index (χ3v) is 3.43. The van der Waals surface area contributed by atoms with Gasteiger partial charge in [0, 0.05) is 42.5 Å². The van der Waals surface area contributed by atoms with Crippen LogP contribution in [-0.4, -0.2) is 26.3 Å². The van der Waals surface area contributed by atoms with E-state index in [-0.39, 0.29) is 0 Å². The molecule has 1 aromatic carbocycles. The predicted molar refractivity (Wildman–Crippen MR) is 84.1 cm³/mol. The molecule has 108 valence electrons. The average Bonchev–Trinajstić information content (AvgIpc) is 2.85. The van der Waals surface area contributed by atoms with Crippen LogP contribution in [0.3, 0.4) is 0 Å². The fourth-order valence-electron chi connectivity index (χ4n) is 2.36. The molecule has 2 aromatic heterocycles. The van der Waals surface area contributed by atoms with E-state index in [1.54, 1.807) is 6.33 Å². The Morgan fingerprint density at radius 3 is 2.90 bits per heavy atom. The molecule has 21 heavy (non-hydrogen) atoms. The first-order chi connectivity index (χ1) is 10.1. The number of anilines is 2. The molecule has 0 bridgehead atoms. The third kappa shape index (κ3) is 2.79. The zero-order valence-electron chi connectivity index (χ0n) is 12.2. The van der Waals surface area contributed by atoms with E-state index in [2.05, 4.69) is 20.5 Å². The number of nitrogen functional groups attached to an aromatic ring is 1. The maximum absolute atomic E-state index is 5.88. The summed E-state index contributed by atoms with van der Waals surface area (Å²) >= 11 is 0. The molecular formula is C15H18N6. The molecule has 3 aromatic rings. The maximum atomic E-state index is 5.88. The Morgan fingerprint density at radius 2 is 2.14 bits per heavy atom. The van der Waals surface area contributed by atoms with Gasteiger partial charge in [0.1, 0.15) is 12.2 Å². The Bertz CT molecular complexity index is 777. The van der Waals surface area contributed by atoms with E-state index in [0.29, 0.717) is 0 Å². The Labute approximate surface area is 123 Å². The number of nitrogens with one attached hydrogen (secondary N) is 1. The largest absolute Gasteiger partial charge is 0.399 e. The monoisotopic (exact) mass is 282 g/mol. The lowest BCUT2D eigenvalue weighted by atomic mass is 10.1. The summed E-state index contributed by atoms with van der Waals surface area (Å²) < 4.78 is 1.93. The van der Waals surface area contributed by atoms with Gasteiger partial charge in [-0.25, -0.2) is 0 Å². The fraction of sp³-hybridized carbons (Fsp3) is 0.267. The lowest BCUT2D eigenvalue weighted by molar-refractivity contribution is 0.789. The van der Waals surface area contributed by atoms with Crippen molar-refractivity contribution in [1.29, 1.82) is 0 Å². The van der Waals surface area contributed by atoms with Crippen molar-refractivity contribution in [3.8, 4) is 0 Å². The van der Waals surface area contributed by atoms with Gasteiger partial charge >= 0.3 is 0 Å². The summed E-state index contributed by atoms with van der Waals surface area (Å²) in [7, 11) is 1.95. The number of hydrogen-bond donors (Lipinski definition) is 2. The molecule has 0 aliphatic carbocycles. The molecule has 0 atom stereocenters. The summed E-state index contributed by atoms with van der Waals surface area (Å²) in [6.45, 7) is 2.77. The van der Waals surface area contributed by atoms with Crippen LogP contribution in [0.1, 0.15) is 11.5 Å². The van der Waals surface area contributed by atoms with E-state index in [0.717, 1.165) is 46.8 Å². The molecule has 2 heterocycles. The minimum absolute atomic E-state index is 0.740. The minimum Gasteiger partial charge on any atom is -0.399 e. The van der Waals surface area contributed by atoms with Gasteiger partial charge in [0.15, 0.2) is 0 Å². The zero-order chi connectivity index (χ0) is 14.8. The van der Waals surface area contributed by atoms with E-state index < -0.39 is 0 Å². The van der Waals surface area contributed by atoms with Gasteiger partial charge in [0.05, 0.1) is 5.52 Å². The highest BCUT2D eigenvalue weighted by Crippen LogP contribution is 2.25. The van der Waals surface area contributed by atoms with Gasteiger partial charge in [0.2, 0.25) is 0 Å². The SMILES string of the molecule is Cc1cc(NCCc2nncn2C)c2cc(N)ccc2n1. The van der Waals surface area contributed by atoms with Crippen LogP contribution < -0.4 is 11.1 Å². The second-order valence-corrected chi connectivity index (χ2v) is 5.12. The Kier molecular flexibility index (Phi) is 3.43. The van der Waals surface area contributed by atoms with Gasteiger partial charge in [0.25, 0.3) is 0 Å². The summed E-state index contributed by atoms with van der Waals surface area (Å²) in [5.41, 5.74) is 9.60. The highest BCUT2D eigenvalue weighted by Gasteiger charge is 2.05. The standard InChI is InChI=1S/C15H18N6/c1-10-7-14(12-8-11(16)3-4-13(12)19-10)17-6-5-15-20-18-9-21(15)2/h3-4,7-9H,5-6,16H2,1-2H3,(H,17,19). The highest BCUT2D eigenvalue weighted by atomic mass is 15.2. The van der Waals surface area contributed by atoms with E-state index in [9.17, 15) is 0 Å². The number of benzene rings is 1. The van der Waals surface area contributed by atoms with Gasteiger partial charge < -0.3 is 15.6 Å². The summed E-state index contributed by atoms with van der Waals surface area (Å²) in [6, 6.07) is 7.81. The summed E-state index contributed by atoms with van der Waals surface area (Å²) in [6.07, 6.45) is 2.52. The number of nitrogens with two attached hydrogens (primary N) is 1. The number of hydrogen-bond acceptors (Lipinski definition) is 5. The van der Waals surface area contributed by atoms with Gasteiger partial charge in [-0.15, -0.1) is 10.2 Å². The molecule has 0 saturated carbocycles. The lowest BCUT2D eigenvalue weighted by Gasteiger charge is -2.11. The molecule has 0 spiro atoms. The van der Waals surface area contributed by atoms with Gasteiger partial charge in [-0.05, 0) is 31.2 Å². The fourth-order valence-corrected chi connectivity index (χ4v) is 2.36. The average molecular weight is 282 g/mol. The normalized spacial score (nSPS) is 11.0. The van der Waals surface area contributed by atoms with Crippen LogP contribution in [0.4, 0.5) is 11.4 Å². The number of nitrogens with zero attached hydrogens (tertiary/aromatic N) is 4. The smallest absolute Gasteiger partial charge is 0.134 e. The van der Waals surface area contributed by atoms with E-state index in [1.807, 2.05) is 42.8 Å². The first-order valence-corrected chi connectivity index (χ1v) is 6.87. The van der Waals surface area contributed by atoms with Crippen molar-refractivity contribution in [3.63, 3.8) is 0 Å². The Balaban J connectivity index is 1.83. The van der Waals surface area contributed by atoms with Crippen LogP contribution in [0.5, 0.6) is 0 Å². The summed E-state index contributed by atoms with van der Waals surface area (Å²) in [4.78, 5) is 4.53. The van der Waals surface area contributed by atoms with Gasteiger partial charge in [-0.3, -0.25) is 4.98 Å². The van der Waals surface area contributed by atoms with Crippen molar-refractivity contribution >= 4 is 22.3 Å². The minimum atomic E-state index is 0.740. The van der Waals surface area contributed by atoms with Crippen LogP contribution >= 0.6 is 0 Å². The zero-order valence-corrected chi connectivity index (χ0v) is 12.2. The predicted octanol–water partition coefficient (Wildman–Crippen LogP) is 1.91. The number of pyridine rings is 1. The molecule has 6 heteroatoms. The van der Waals surface area contributed by atoms with Crippen LogP contribution in [0.2, 0.25) is 0 Å². The first-order valence-electron chi connectivity index (χ1n) is 6.87. The van der Waals surface area contributed by atoms with Crippen molar-refractivity contribution < 1.29 is 0 Å². The molecule has 0 aliphatic rings. The molecule has 3 N–H and O–H groups in total. The molecule has 0 aliphatic heterocycles. The van der Waals surface area contributed by atoms with Crippen molar-refractivity contribution in [2.75, 3.05) is 17.6 Å². The topological polar surface area (TPSA) is 81.7 Å². The lowest BCUT2D eigenvalue weighted by Crippen LogP contribution is -2.09. The highest BCUT2D eigenvalue weighted by molar-refractivity contribution is 5.93. The molecule has 0 fully saturated rings. The van der Waals surface area contributed by atoms with E-state index in [4.69, 9.17) is 5.73 Å². The van der Waals surface area contributed by atoms with Crippen molar-refractivity contribution in [3.05, 3.63) is 42.1 Å². The maximum Gasteiger partial charge on any atom is 0.134 e. The molecule has 0 amide bonds. The third-order valence-electron chi connectivity index (χ3n) is 3.43. The van der Waals surface area contributed by atoms with Crippen LogP contribution in [0.15, 0.2) is 30.6 Å². The molecule has 0 unspecified atom stereocenters. The molecule has 0 saturated heterocycles. The molecule has 3 rings (SSSR count). The van der Waals surface area contributed by atoms with Crippen molar-refractivity contribution in [2.24, 2.45) is 7.05 Å². The number of aryl methyl sites for hydroxylation is 2. The Morgan fingerprint density at radius 1 is 1.29 bits per heavy atom. The van der Waals surface area contributed by atoms with Crippen molar-refractivity contribution in [2.45, 2.75) is 13.3 Å². The second kappa shape index (κ2) is 5.40. The number of rotatable bonds is 4. The summed E-state index contributed by atoms with van der Waals surface area (Å²) in [5, 5.41) is 12.4. The van der Waals surface area contributed by atoms with Gasteiger partial charge in [-0.2, -0.15) is 0 Å². The van der Waals surface area contributed by atoms with E-state index in [1.165, 1.54) is 0 Å². The Hall–Kier alpha value is -2.63. The molecule has 6 nitrogen and oxygen atoms in total. The van der Waals surface area contributed by atoms with E-state index >= 15 is 0 Å². The van der Waals surface area contributed by atoms with Crippen LogP contribution in [0.25, 0.3) is 10.9 Å². The molecule has 0 radical (unpaired) electrons. The first kappa shape index (κ1) is 13.4. The van der Waals surface area contributed by atoms with Crippen molar-refractivity contribution in [1.82, 2.24) is 19.7 Å². The second-order valence-electron chi connectivity index (χ2n) is 5.12. The summed E-state index contributed by atoms with van der Waals surface area (Å²) in [5.74, 6) is 0.956. The van der Waals surface area contributed by atoms with Gasteiger partial charge in [-0.1, -0.05) is 0 Å². The molecular weight excluding hydrogens is 264 g/mol. The van der Waals surface area contributed by atoms with Crippen LogP contribution in [0, 0.1) is 6.92 Å².